The summed E-state index contributed by atoms with van der Waals surface area (Å²) in [5, 5.41) is 17.1. The number of nitrogens with zero attached hydrogens (tertiary/aromatic N) is 2. The van der Waals surface area contributed by atoms with Gasteiger partial charge in [0.05, 0.1) is 36.5 Å². The highest BCUT2D eigenvalue weighted by molar-refractivity contribution is 6.04. The number of para-hydroxylation sites is 1. The summed E-state index contributed by atoms with van der Waals surface area (Å²) in [6.45, 7) is 0.999. The third-order valence-electron chi connectivity index (χ3n) is 5.92. The molecule has 2 aliphatic rings. The fraction of sp³-hybridized carbons (Fsp3) is 0.579. The number of hydrogen-bond donors (Lipinski definition) is 2. The van der Waals surface area contributed by atoms with E-state index in [0.717, 1.165) is 36.6 Å². The molecule has 2 heterocycles. The van der Waals surface area contributed by atoms with E-state index in [-0.39, 0.29) is 30.3 Å². The van der Waals surface area contributed by atoms with Crippen molar-refractivity contribution in [3.8, 4) is 0 Å². The molecule has 7 nitrogen and oxygen atoms in total. The van der Waals surface area contributed by atoms with Crippen LogP contribution in [0.2, 0.25) is 0 Å². The molecule has 1 amide bonds. The number of fused-ring (bicyclic) bond motifs is 2. The number of carbonyl (C=O) groups excluding carboxylic acids is 1. The molecule has 3 atom stereocenters. The first-order chi connectivity index (χ1) is 12.7. The molecule has 1 aromatic heterocycles. The molecule has 2 aromatic rings. The van der Waals surface area contributed by atoms with Crippen LogP contribution in [0.4, 0.5) is 0 Å². The lowest BCUT2D eigenvalue weighted by Crippen LogP contribution is -2.53. The van der Waals surface area contributed by atoms with Crippen molar-refractivity contribution >= 4 is 16.8 Å². The van der Waals surface area contributed by atoms with Crippen LogP contribution in [-0.2, 0) is 9.47 Å². The molecule has 2 fully saturated rings. The Hall–Kier alpha value is -1.96. The molecule has 140 valence electrons. The second kappa shape index (κ2) is 6.98. The summed E-state index contributed by atoms with van der Waals surface area (Å²) < 4.78 is 11.7. The van der Waals surface area contributed by atoms with Gasteiger partial charge >= 0.3 is 0 Å². The van der Waals surface area contributed by atoms with Crippen LogP contribution in [0, 0.1) is 0 Å². The van der Waals surface area contributed by atoms with Gasteiger partial charge in [0.15, 0.2) is 5.69 Å². The highest BCUT2D eigenvalue weighted by Gasteiger charge is 2.53. The Morgan fingerprint density at radius 2 is 2.27 bits per heavy atom. The summed E-state index contributed by atoms with van der Waals surface area (Å²) in [6, 6.07) is 7.64. The number of carbonyl (C=O) groups is 1. The normalized spacial score (nSPS) is 28.5. The fourth-order valence-electron chi connectivity index (χ4n) is 4.54. The number of rotatable bonds is 5. The minimum absolute atomic E-state index is 0.0124. The first kappa shape index (κ1) is 17.5. The Kier molecular flexibility index (Phi) is 4.69. The zero-order valence-electron chi connectivity index (χ0n) is 15.0. The maximum atomic E-state index is 13.3. The van der Waals surface area contributed by atoms with Crippen LogP contribution in [0.1, 0.15) is 36.2 Å². The van der Waals surface area contributed by atoms with Gasteiger partial charge in [-0.05, 0) is 31.7 Å². The lowest BCUT2D eigenvalue weighted by atomic mass is 9.79. The van der Waals surface area contributed by atoms with E-state index < -0.39 is 0 Å². The fourth-order valence-corrected chi connectivity index (χ4v) is 4.54. The van der Waals surface area contributed by atoms with Gasteiger partial charge in [-0.25, -0.2) is 0 Å². The molecular formula is C19H25N3O4. The molecule has 0 radical (unpaired) electrons. The quantitative estimate of drug-likeness (QED) is 0.849. The van der Waals surface area contributed by atoms with Crippen molar-refractivity contribution in [1.29, 1.82) is 0 Å². The van der Waals surface area contributed by atoms with E-state index in [1.165, 1.54) is 0 Å². The number of aliphatic hydroxyl groups excluding tert-OH is 1. The van der Waals surface area contributed by atoms with E-state index in [1.807, 2.05) is 29.2 Å². The van der Waals surface area contributed by atoms with Crippen molar-refractivity contribution in [3.05, 3.63) is 30.0 Å². The van der Waals surface area contributed by atoms with Crippen molar-refractivity contribution in [2.75, 3.05) is 26.9 Å². The predicted molar refractivity (Wildman–Crippen MR) is 96.0 cm³/mol. The van der Waals surface area contributed by atoms with E-state index in [9.17, 15) is 4.79 Å². The molecule has 4 rings (SSSR count). The number of methoxy groups -OCH3 is 1. The van der Waals surface area contributed by atoms with E-state index in [4.69, 9.17) is 14.6 Å². The molecule has 0 unspecified atom stereocenters. The van der Waals surface area contributed by atoms with E-state index in [2.05, 4.69) is 10.2 Å². The largest absolute Gasteiger partial charge is 0.394 e. The van der Waals surface area contributed by atoms with Crippen LogP contribution >= 0.6 is 0 Å². The van der Waals surface area contributed by atoms with Crippen molar-refractivity contribution in [3.63, 3.8) is 0 Å². The number of nitrogens with one attached hydrogen (secondary N) is 1. The van der Waals surface area contributed by atoms with E-state index >= 15 is 0 Å². The van der Waals surface area contributed by atoms with E-state index in [1.54, 1.807) is 7.11 Å². The minimum atomic E-state index is -0.305. The number of hydrogen-bond acceptors (Lipinski definition) is 5. The number of likely N-dealkylation sites (tertiary alicyclic amines) is 1. The summed E-state index contributed by atoms with van der Waals surface area (Å²) in [5.41, 5.74) is 1.02. The lowest BCUT2D eigenvalue weighted by Gasteiger charge is -2.43. The molecule has 0 spiro atoms. The van der Waals surface area contributed by atoms with Gasteiger partial charge in [-0.3, -0.25) is 9.89 Å². The molecule has 2 N–H and O–H groups in total. The molecular weight excluding hydrogens is 334 g/mol. The average molecular weight is 359 g/mol. The Bertz CT molecular complexity index is 792. The Labute approximate surface area is 152 Å². The van der Waals surface area contributed by atoms with Gasteiger partial charge in [0.2, 0.25) is 0 Å². The summed E-state index contributed by atoms with van der Waals surface area (Å²) in [4.78, 5) is 15.2. The van der Waals surface area contributed by atoms with Gasteiger partial charge in [-0.15, -0.1) is 0 Å². The number of aromatic nitrogens is 2. The Morgan fingerprint density at radius 3 is 3.08 bits per heavy atom. The van der Waals surface area contributed by atoms with Crippen LogP contribution in [0.25, 0.3) is 10.9 Å². The second-order valence-corrected chi connectivity index (χ2v) is 7.14. The average Bonchev–Trinajstić information content (AvgIpc) is 3.27. The van der Waals surface area contributed by atoms with Crippen LogP contribution in [0.3, 0.4) is 0 Å². The molecule has 26 heavy (non-hydrogen) atoms. The molecule has 7 heteroatoms. The van der Waals surface area contributed by atoms with Gasteiger partial charge in [0.1, 0.15) is 0 Å². The Morgan fingerprint density at radius 1 is 1.42 bits per heavy atom. The monoisotopic (exact) mass is 359 g/mol. The maximum Gasteiger partial charge on any atom is 0.275 e. The van der Waals surface area contributed by atoms with Crippen molar-refractivity contribution in [1.82, 2.24) is 15.1 Å². The van der Waals surface area contributed by atoms with Gasteiger partial charge < -0.3 is 19.5 Å². The Balaban J connectivity index is 1.60. The number of benzene rings is 1. The van der Waals surface area contributed by atoms with Gasteiger partial charge in [-0.1, -0.05) is 18.2 Å². The predicted octanol–water partition coefficient (Wildman–Crippen LogP) is 1.72. The van der Waals surface area contributed by atoms with E-state index in [0.29, 0.717) is 18.8 Å². The van der Waals surface area contributed by atoms with Crippen LogP contribution in [-0.4, -0.2) is 70.7 Å². The smallest absolute Gasteiger partial charge is 0.275 e. The molecule has 1 aliphatic carbocycles. The molecule has 1 saturated carbocycles. The SMILES string of the molecule is CO[C@@]12CC[C@H](OCCO)C[C@@H]1N(C(=O)c1n[nH]c3ccccc13)CC2. The first-order valence-corrected chi connectivity index (χ1v) is 9.20. The number of aromatic amines is 1. The van der Waals surface area contributed by atoms with Crippen LogP contribution < -0.4 is 0 Å². The van der Waals surface area contributed by atoms with Gasteiger partial charge in [0.25, 0.3) is 5.91 Å². The van der Waals surface area contributed by atoms with Crippen LogP contribution in [0.15, 0.2) is 24.3 Å². The number of amides is 1. The first-order valence-electron chi connectivity index (χ1n) is 9.20. The van der Waals surface area contributed by atoms with Crippen LogP contribution in [0.5, 0.6) is 0 Å². The third kappa shape index (κ3) is 2.80. The molecule has 0 bridgehead atoms. The number of ether oxygens (including phenoxy) is 2. The van der Waals surface area contributed by atoms with Crippen molar-refractivity contribution in [2.45, 2.75) is 43.4 Å². The van der Waals surface area contributed by atoms with Crippen molar-refractivity contribution < 1.29 is 19.4 Å². The number of aliphatic hydroxyl groups is 1. The van der Waals surface area contributed by atoms with Crippen molar-refractivity contribution in [2.24, 2.45) is 0 Å². The van der Waals surface area contributed by atoms with Gasteiger partial charge in [-0.2, -0.15) is 5.10 Å². The van der Waals surface area contributed by atoms with Gasteiger partial charge in [0, 0.05) is 19.0 Å². The minimum Gasteiger partial charge on any atom is -0.394 e. The molecule has 1 aromatic carbocycles. The zero-order valence-corrected chi connectivity index (χ0v) is 15.0. The molecule has 1 saturated heterocycles. The summed E-state index contributed by atoms with van der Waals surface area (Å²) in [5.74, 6) is -0.0609. The summed E-state index contributed by atoms with van der Waals surface area (Å²) in [6.07, 6.45) is 3.34. The topological polar surface area (TPSA) is 87.7 Å². The zero-order chi connectivity index (χ0) is 18.1. The lowest BCUT2D eigenvalue weighted by molar-refractivity contribution is -0.0992. The second-order valence-electron chi connectivity index (χ2n) is 7.14. The molecule has 1 aliphatic heterocycles. The maximum absolute atomic E-state index is 13.3. The summed E-state index contributed by atoms with van der Waals surface area (Å²) in [7, 11) is 1.74. The standard InChI is InChI=1S/C19H25N3O4/c1-25-19-7-6-13(26-11-10-23)12-16(19)22(9-8-19)18(24)17-14-4-2-3-5-15(14)20-21-17/h2-5,13,16,23H,6-12H2,1H3,(H,20,21)/t13-,16-,19+/m0/s1. The highest BCUT2D eigenvalue weighted by Crippen LogP contribution is 2.43. The summed E-state index contributed by atoms with van der Waals surface area (Å²) >= 11 is 0. The highest BCUT2D eigenvalue weighted by atomic mass is 16.5. The third-order valence-corrected chi connectivity index (χ3v) is 5.92. The number of H-pyrrole nitrogens is 1.